The molecule has 79 heavy (non-hydrogen) atoms. The van der Waals surface area contributed by atoms with Crippen molar-refractivity contribution in [2.75, 3.05) is 13.2 Å². The van der Waals surface area contributed by atoms with E-state index in [-0.39, 0.29) is 18.5 Å². The molecule has 0 aromatic carbocycles. The van der Waals surface area contributed by atoms with E-state index >= 15 is 0 Å². The lowest BCUT2D eigenvalue weighted by Gasteiger charge is -2.20. The molecule has 0 aliphatic carbocycles. The predicted molar refractivity (Wildman–Crippen MR) is 347 cm³/mol. The van der Waals surface area contributed by atoms with Crippen LogP contribution in [0.4, 0.5) is 0 Å². The first kappa shape index (κ1) is 76.8. The summed E-state index contributed by atoms with van der Waals surface area (Å²) >= 11 is 0. The monoisotopic (exact) mass is 1110 g/mol. The fourth-order valence-corrected chi connectivity index (χ4v) is 10.9. The van der Waals surface area contributed by atoms with Crippen LogP contribution in [0.15, 0.2) is 48.6 Å². The van der Waals surface area contributed by atoms with Gasteiger partial charge in [-0.1, -0.05) is 326 Å². The van der Waals surface area contributed by atoms with Gasteiger partial charge in [0.2, 0.25) is 5.91 Å². The SMILES string of the molecule is CCCCCC/C=C\CCCCCCCC(=O)OCCCCCCCCCCC/C=C\C/C=C\CCCCCCCCCCCCCCCCCCCC(=O)NC(CO)C(O)/C=C/CCCCCCCCCCCCCCCC. The molecule has 0 rings (SSSR count). The molecule has 0 aromatic heterocycles. The number of esters is 1. The average molecular weight is 1110 g/mol. The van der Waals surface area contributed by atoms with Crippen LogP contribution in [-0.2, 0) is 14.3 Å². The lowest BCUT2D eigenvalue weighted by molar-refractivity contribution is -0.143. The topological polar surface area (TPSA) is 95.9 Å². The summed E-state index contributed by atoms with van der Waals surface area (Å²) in [5, 5.41) is 23.2. The zero-order valence-corrected chi connectivity index (χ0v) is 53.1. The fourth-order valence-electron chi connectivity index (χ4n) is 10.9. The van der Waals surface area contributed by atoms with Crippen molar-refractivity contribution in [1.29, 1.82) is 0 Å². The molecule has 0 saturated carbocycles. The van der Waals surface area contributed by atoms with Crippen molar-refractivity contribution in [3.8, 4) is 0 Å². The molecule has 6 heteroatoms. The number of rotatable bonds is 66. The maximum absolute atomic E-state index is 12.5. The zero-order valence-electron chi connectivity index (χ0n) is 53.1. The van der Waals surface area contributed by atoms with Gasteiger partial charge >= 0.3 is 5.97 Å². The number of allylic oxidation sites excluding steroid dienone is 7. The van der Waals surface area contributed by atoms with Gasteiger partial charge < -0.3 is 20.3 Å². The summed E-state index contributed by atoms with van der Waals surface area (Å²) < 4.78 is 5.48. The van der Waals surface area contributed by atoms with E-state index in [1.54, 1.807) is 6.08 Å². The number of unbranched alkanes of at least 4 members (excludes halogenated alkanes) is 49. The molecule has 0 aromatic rings. The molecule has 0 aliphatic rings. The third kappa shape index (κ3) is 64.8. The van der Waals surface area contributed by atoms with E-state index in [1.807, 2.05) is 6.08 Å². The van der Waals surface area contributed by atoms with E-state index in [4.69, 9.17) is 4.74 Å². The highest BCUT2D eigenvalue weighted by atomic mass is 16.5. The van der Waals surface area contributed by atoms with Crippen LogP contribution in [0.5, 0.6) is 0 Å². The number of nitrogens with one attached hydrogen (secondary N) is 1. The van der Waals surface area contributed by atoms with Gasteiger partial charge in [0.1, 0.15) is 0 Å². The van der Waals surface area contributed by atoms with Gasteiger partial charge in [-0.25, -0.2) is 0 Å². The Bertz CT molecular complexity index is 1320. The smallest absolute Gasteiger partial charge is 0.305 e. The number of amides is 1. The summed E-state index contributed by atoms with van der Waals surface area (Å²) in [4.78, 5) is 24.5. The molecule has 0 bridgehead atoms. The Morgan fingerprint density at radius 3 is 0.987 bits per heavy atom. The van der Waals surface area contributed by atoms with E-state index in [0.29, 0.717) is 19.4 Å². The summed E-state index contributed by atoms with van der Waals surface area (Å²) in [7, 11) is 0. The number of carbonyl (C=O) groups is 2. The van der Waals surface area contributed by atoms with Crippen LogP contribution in [0.3, 0.4) is 0 Å². The van der Waals surface area contributed by atoms with Crippen LogP contribution in [-0.4, -0.2) is 47.4 Å². The molecule has 2 unspecified atom stereocenters. The number of ether oxygens (including phenoxy) is 1. The quantitative estimate of drug-likeness (QED) is 0.0320. The van der Waals surface area contributed by atoms with E-state index in [2.05, 4.69) is 55.6 Å². The first-order valence-corrected chi connectivity index (χ1v) is 35.4. The Kier molecular flexibility index (Phi) is 66.4. The van der Waals surface area contributed by atoms with Gasteiger partial charge in [0.05, 0.1) is 25.4 Å². The molecule has 0 heterocycles. The Balaban J connectivity index is 3.40. The van der Waals surface area contributed by atoms with E-state index < -0.39 is 12.1 Å². The molecule has 0 spiro atoms. The lowest BCUT2D eigenvalue weighted by Crippen LogP contribution is -2.45. The number of aliphatic hydroxyl groups excluding tert-OH is 2. The van der Waals surface area contributed by atoms with Crippen molar-refractivity contribution in [2.24, 2.45) is 0 Å². The first-order valence-electron chi connectivity index (χ1n) is 35.4. The van der Waals surface area contributed by atoms with Gasteiger partial charge in [-0.05, 0) is 89.9 Å². The summed E-state index contributed by atoms with van der Waals surface area (Å²) in [6.45, 7) is 4.91. The fraction of sp³-hybridized carbons (Fsp3) is 0.863. The molecule has 464 valence electrons. The minimum absolute atomic E-state index is 0.00465. The van der Waals surface area contributed by atoms with E-state index in [9.17, 15) is 19.8 Å². The van der Waals surface area contributed by atoms with Gasteiger partial charge in [-0.2, -0.15) is 0 Å². The average Bonchev–Trinajstić information content (AvgIpc) is 3.45. The Hall–Kier alpha value is -2.18. The van der Waals surface area contributed by atoms with Crippen LogP contribution in [0.2, 0.25) is 0 Å². The van der Waals surface area contributed by atoms with Gasteiger partial charge in [0, 0.05) is 12.8 Å². The first-order chi connectivity index (χ1) is 39.0. The normalized spacial score (nSPS) is 12.8. The Morgan fingerprint density at radius 2 is 0.633 bits per heavy atom. The minimum Gasteiger partial charge on any atom is -0.466 e. The van der Waals surface area contributed by atoms with Crippen molar-refractivity contribution in [1.82, 2.24) is 5.32 Å². The molecular weight excluding hydrogens is 971 g/mol. The molecule has 2 atom stereocenters. The summed E-state index contributed by atoms with van der Waals surface area (Å²) in [6.07, 6.45) is 89.1. The lowest BCUT2D eigenvalue weighted by atomic mass is 10.0. The van der Waals surface area contributed by atoms with Gasteiger partial charge in [-0.15, -0.1) is 0 Å². The standard InChI is InChI=1S/C73H137NO5/c1-3-5-7-9-11-13-15-17-18-38-42-45-49-53-57-61-65-71(76)70(69-75)74-72(77)66-62-58-54-50-46-43-39-36-34-32-30-28-26-24-22-20-19-21-23-25-27-29-31-33-35-37-40-44-48-52-56-60-64-68-79-73(78)67-63-59-55-51-47-41-16-14-12-10-8-6-4-2/h14,16,23,25,29,31,61,65,70-71,75-76H,3-13,15,17-22,24,26-28,30,32-60,62-64,66-69H2,1-2H3,(H,74,77)/b16-14-,25-23-,31-29-,65-61+. The molecule has 0 saturated heterocycles. The van der Waals surface area contributed by atoms with Gasteiger partial charge in [0.15, 0.2) is 0 Å². The second kappa shape index (κ2) is 68.3. The van der Waals surface area contributed by atoms with Crippen LogP contribution < -0.4 is 5.32 Å². The van der Waals surface area contributed by atoms with Crippen LogP contribution >= 0.6 is 0 Å². The van der Waals surface area contributed by atoms with E-state index in [0.717, 1.165) is 51.4 Å². The maximum atomic E-state index is 12.5. The van der Waals surface area contributed by atoms with Crippen molar-refractivity contribution in [3.05, 3.63) is 48.6 Å². The maximum Gasteiger partial charge on any atom is 0.305 e. The molecule has 1 amide bonds. The number of carbonyl (C=O) groups excluding carboxylic acids is 2. The minimum atomic E-state index is -0.844. The second-order valence-electron chi connectivity index (χ2n) is 24.2. The van der Waals surface area contributed by atoms with Crippen molar-refractivity contribution >= 4 is 11.9 Å². The molecule has 3 N–H and O–H groups in total. The molecule has 0 radical (unpaired) electrons. The molecule has 0 fully saturated rings. The number of hydrogen-bond acceptors (Lipinski definition) is 5. The predicted octanol–water partition coefficient (Wildman–Crippen LogP) is 22.9. The third-order valence-corrected chi connectivity index (χ3v) is 16.3. The Labute approximate surface area is 493 Å². The molecular formula is C73H137NO5. The number of aliphatic hydroxyl groups is 2. The van der Waals surface area contributed by atoms with Gasteiger partial charge in [-0.3, -0.25) is 9.59 Å². The summed E-state index contributed by atoms with van der Waals surface area (Å²) in [5.74, 6) is -0.0594. The summed E-state index contributed by atoms with van der Waals surface area (Å²) in [6, 6.07) is -0.627. The highest BCUT2D eigenvalue weighted by Gasteiger charge is 2.18. The van der Waals surface area contributed by atoms with Crippen LogP contribution in [0, 0.1) is 0 Å². The highest BCUT2D eigenvalue weighted by Crippen LogP contribution is 2.18. The molecule has 0 aliphatic heterocycles. The van der Waals surface area contributed by atoms with Crippen LogP contribution in [0.1, 0.15) is 380 Å². The van der Waals surface area contributed by atoms with Crippen molar-refractivity contribution < 1.29 is 24.5 Å². The van der Waals surface area contributed by atoms with Crippen molar-refractivity contribution in [3.63, 3.8) is 0 Å². The van der Waals surface area contributed by atoms with Crippen molar-refractivity contribution in [2.45, 2.75) is 392 Å². The Morgan fingerprint density at radius 1 is 0.354 bits per heavy atom. The van der Waals surface area contributed by atoms with Gasteiger partial charge in [0.25, 0.3) is 0 Å². The largest absolute Gasteiger partial charge is 0.466 e. The number of hydrogen-bond donors (Lipinski definition) is 3. The zero-order chi connectivity index (χ0) is 57.1. The highest BCUT2D eigenvalue weighted by molar-refractivity contribution is 5.76. The van der Waals surface area contributed by atoms with E-state index in [1.165, 1.54) is 302 Å². The van der Waals surface area contributed by atoms with Crippen LogP contribution in [0.25, 0.3) is 0 Å². The third-order valence-electron chi connectivity index (χ3n) is 16.3. The second-order valence-corrected chi connectivity index (χ2v) is 24.2. The summed E-state index contributed by atoms with van der Waals surface area (Å²) in [5.41, 5.74) is 0. The molecule has 6 nitrogen and oxygen atoms in total.